The summed E-state index contributed by atoms with van der Waals surface area (Å²) in [6, 6.07) is 6.61. The fraction of sp³-hybridized carbons (Fsp3) is 0.471. The zero-order valence-electron chi connectivity index (χ0n) is 15.7. The van der Waals surface area contributed by atoms with Gasteiger partial charge in [-0.05, 0) is 28.5 Å². The van der Waals surface area contributed by atoms with Crippen LogP contribution in [0.25, 0.3) is 5.69 Å². The Kier molecular flexibility index (Phi) is 7.59. The van der Waals surface area contributed by atoms with Crippen LogP contribution < -0.4 is 10.1 Å². The molecule has 1 aromatic heterocycles. The highest BCUT2D eigenvalue weighted by molar-refractivity contribution is 7.99. The molecule has 1 aromatic carbocycles. The minimum absolute atomic E-state index is 0.0368. The molecule has 0 spiro atoms. The molecule has 0 radical (unpaired) electrons. The minimum atomic E-state index is -0.682. The molecular formula is C17H23N5O4S. The molecule has 0 aliphatic heterocycles. The highest BCUT2D eigenvalue weighted by Gasteiger charge is 2.27. The monoisotopic (exact) mass is 393 g/mol. The maximum absolute atomic E-state index is 12.3. The Morgan fingerprint density at radius 2 is 2.04 bits per heavy atom. The molecule has 0 aliphatic carbocycles. The number of benzene rings is 1. The number of amides is 1. The Morgan fingerprint density at radius 3 is 2.70 bits per heavy atom. The van der Waals surface area contributed by atoms with Crippen LogP contribution in [0.1, 0.15) is 20.3 Å². The van der Waals surface area contributed by atoms with Gasteiger partial charge in [-0.2, -0.15) is 4.68 Å². The lowest BCUT2D eigenvalue weighted by molar-refractivity contribution is -0.146. The molecule has 1 amide bonds. The SMILES string of the molecule is CCC(C)C(NC(=O)CSc1nnnn1-c1ccccc1OC)C(=O)OC. The van der Waals surface area contributed by atoms with Crippen molar-refractivity contribution in [1.29, 1.82) is 0 Å². The van der Waals surface area contributed by atoms with Crippen LogP contribution in [0.15, 0.2) is 29.4 Å². The Labute approximate surface area is 161 Å². The molecule has 0 aliphatic rings. The number of nitrogens with one attached hydrogen (secondary N) is 1. The number of methoxy groups -OCH3 is 2. The fourth-order valence-corrected chi connectivity index (χ4v) is 3.06. The number of esters is 1. The predicted molar refractivity (Wildman–Crippen MR) is 99.8 cm³/mol. The van der Waals surface area contributed by atoms with Crippen LogP contribution in [-0.4, -0.2) is 58.1 Å². The van der Waals surface area contributed by atoms with E-state index >= 15 is 0 Å². The van der Waals surface area contributed by atoms with E-state index in [4.69, 9.17) is 9.47 Å². The van der Waals surface area contributed by atoms with Gasteiger partial charge in [0.1, 0.15) is 17.5 Å². The van der Waals surface area contributed by atoms with Gasteiger partial charge in [-0.25, -0.2) is 4.79 Å². The summed E-state index contributed by atoms with van der Waals surface area (Å²) in [4.78, 5) is 24.2. The summed E-state index contributed by atoms with van der Waals surface area (Å²) in [6.45, 7) is 3.83. The fourth-order valence-electron chi connectivity index (χ4n) is 2.37. The lowest BCUT2D eigenvalue weighted by Gasteiger charge is -2.21. The van der Waals surface area contributed by atoms with Crippen molar-refractivity contribution in [2.24, 2.45) is 5.92 Å². The first-order valence-corrected chi connectivity index (χ1v) is 9.42. The van der Waals surface area contributed by atoms with Gasteiger partial charge in [0.2, 0.25) is 11.1 Å². The Morgan fingerprint density at radius 1 is 1.30 bits per heavy atom. The highest BCUT2D eigenvalue weighted by atomic mass is 32.2. The minimum Gasteiger partial charge on any atom is -0.494 e. The van der Waals surface area contributed by atoms with Gasteiger partial charge >= 0.3 is 5.97 Å². The smallest absolute Gasteiger partial charge is 0.328 e. The Balaban J connectivity index is 2.06. The van der Waals surface area contributed by atoms with Crippen molar-refractivity contribution in [2.45, 2.75) is 31.5 Å². The average Bonchev–Trinajstić information content (AvgIpc) is 3.17. The first-order chi connectivity index (χ1) is 13.0. The third-order valence-electron chi connectivity index (χ3n) is 4.07. The van der Waals surface area contributed by atoms with Gasteiger partial charge in [-0.3, -0.25) is 4.79 Å². The molecule has 2 rings (SSSR count). The van der Waals surface area contributed by atoms with E-state index in [1.807, 2.05) is 32.0 Å². The number of hydrogen-bond acceptors (Lipinski definition) is 8. The molecule has 0 saturated carbocycles. The number of rotatable bonds is 9. The topological polar surface area (TPSA) is 108 Å². The van der Waals surface area contributed by atoms with Crippen molar-refractivity contribution in [1.82, 2.24) is 25.5 Å². The summed E-state index contributed by atoms with van der Waals surface area (Å²) >= 11 is 1.16. The molecule has 0 fully saturated rings. The third-order valence-corrected chi connectivity index (χ3v) is 4.99. The molecule has 1 heterocycles. The van der Waals surface area contributed by atoms with Crippen molar-refractivity contribution in [2.75, 3.05) is 20.0 Å². The van der Waals surface area contributed by atoms with Gasteiger partial charge in [0, 0.05) is 0 Å². The van der Waals surface area contributed by atoms with E-state index in [9.17, 15) is 9.59 Å². The van der Waals surface area contributed by atoms with Gasteiger partial charge in [0.15, 0.2) is 0 Å². The summed E-state index contributed by atoms with van der Waals surface area (Å²) in [5.74, 6) is -0.129. The largest absolute Gasteiger partial charge is 0.494 e. The predicted octanol–water partition coefficient (Wildman–Crippen LogP) is 1.47. The number of tetrazole rings is 1. The van der Waals surface area contributed by atoms with Gasteiger partial charge < -0.3 is 14.8 Å². The molecular weight excluding hydrogens is 370 g/mol. The maximum atomic E-state index is 12.3. The van der Waals surface area contributed by atoms with Crippen LogP contribution in [-0.2, 0) is 14.3 Å². The standard InChI is InChI=1S/C17H23N5O4S/c1-5-11(2)15(16(24)26-4)18-14(23)10-27-17-19-20-21-22(17)12-8-6-7-9-13(12)25-3/h6-9,11,15H,5,10H2,1-4H3,(H,18,23). The van der Waals surface area contributed by atoms with E-state index in [2.05, 4.69) is 20.8 Å². The normalized spacial score (nSPS) is 12.9. The Hall–Kier alpha value is -2.62. The Bertz CT molecular complexity index is 782. The molecule has 1 N–H and O–H groups in total. The third kappa shape index (κ3) is 5.19. The molecule has 2 aromatic rings. The van der Waals surface area contributed by atoms with Gasteiger partial charge in [0.05, 0.1) is 20.0 Å². The van der Waals surface area contributed by atoms with Crippen molar-refractivity contribution in [3.05, 3.63) is 24.3 Å². The first-order valence-electron chi connectivity index (χ1n) is 8.43. The zero-order valence-corrected chi connectivity index (χ0v) is 16.5. The number of hydrogen-bond donors (Lipinski definition) is 1. The number of aromatic nitrogens is 4. The molecule has 146 valence electrons. The molecule has 10 heteroatoms. The van der Waals surface area contributed by atoms with Crippen LogP contribution in [0.5, 0.6) is 5.75 Å². The van der Waals surface area contributed by atoms with E-state index in [1.165, 1.54) is 11.8 Å². The van der Waals surface area contributed by atoms with Gasteiger partial charge in [-0.1, -0.05) is 44.2 Å². The summed E-state index contributed by atoms with van der Waals surface area (Å²) in [5, 5.41) is 14.8. The van der Waals surface area contributed by atoms with Gasteiger partial charge in [0.25, 0.3) is 0 Å². The summed E-state index contributed by atoms with van der Waals surface area (Å²) in [6.07, 6.45) is 0.735. The van der Waals surface area contributed by atoms with Crippen LogP contribution in [0.3, 0.4) is 0 Å². The van der Waals surface area contributed by atoms with Crippen molar-refractivity contribution in [3.63, 3.8) is 0 Å². The lowest BCUT2D eigenvalue weighted by atomic mass is 9.99. The van der Waals surface area contributed by atoms with E-state index in [-0.39, 0.29) is 17.6 Å². The van der Waals surface area contributed by atoms with Crippen LogP contribution in [0.2, 0.25) is 0 Å². The summed E-state index contributed by atoms with van der Waals surface area (Å²) < 4.78 is 11.6. The maximum Gasteiger partial charge on any atom is 0.328 e. The van der Waals surface area contributed by atoms with E-state index in [0.717, 1.165) is 18.2 Å². The second-order valence-electron chi connectivity index (χ2n) is 5.79. The van der Waals surface area contributed by atoms with Crippen molar-refractivity contribution in [3.8, 4) is 11.4 Å². The second kappa shape index (κ2) is 9.91. The second-order valence-corrected chi connectivity index (χ2v) is 6.73. The summed E-state index contributed by atoms with van der Waals surface area (Å²) in [7, 11) is 2.87. The van der Waals surface area contributed by atoms with Crippen LogP contribution >= 0.6 is 11.8 Å². The van der Waals surface area contributed by atoms with E-state index in [0.29, 0.717) is 16.6 Å². The first kappa shape index (κ1) is 20.7. The molecule has 2 unspecified atom stereocenters. The van der Waals surface area contributed by atoms with Crippen molar-refractivity contribution < 1.29 is 19.1 Å². The molecule has 9 nitrogen and oxygen atoms in total. The number of carbonyl (C=O) groups excluding carboxylic acids is 2. The molecule has 2 atom stereocenters. The number of carbonyl (C=O) groups is 2. The van der Waals surface area contributed by atoms with Crippen LogP contribution in [0.4, 0.5) is 0 Å². The van der Waals surface area contributed by atoms with Crippen molar-refractivity contribution >= 4 is 23.6 Å². The molecule has 27 heavy (non-hydrogen) atoms. The highest BCUT2D eigenvalue weighted by Crippen LogP contribution is 2.25. The van der Waals surface area contributed by atoms with E-state index < -0.39 is 12.0 Å². The lowest BCUT2D eigenvalue weighted by Crippen LogP contribution is -2.46. The quantitative estimate of drug-likeness (QED) is 0.504. The molecule has 0 bridgehead atoms. The average molecular weight is 393 g/mol. The molecule has 0 saturated heterocycles. The zero-order chi connectivity index (χ0) is 19.8. The number of thioether (sulfide) groups is 1. The number of para-hydroxylation sites is 2. The summed E-state index contributed by atoms with van der Waals surface area (Å²) in [5.41, 5.74) is 0.667. The number of nitrogens with zero attached hydrogens (tertiary/aromatic N) is 4. The number of ether oxygens (including phenoxy) is 2. The van der Waals surface area contributed by atoms with Crippen LogP contribution in [0, 0.1) is 5.92 Å². The van der Waals surface area contributed by atoms with E-state index in [1.54, 1.807) is 13.2 Å². The van der Waals surface area contributed by atoms with Gasteiger partial charge in [-0.15, -0.1) is 5.10 Å².